The van der Waals surface area contributed by atoms with Crippen LogP contribution < -0.4 is 10.1 Å². The summed E-state index contributed by atoms with van der Waals surface area (Å²) in [6.07, 6.45) is 5.48. The van der Waals surface area contributed by atoms with Crippen LogP contribution in [-0.2, 0) is 0 Å². The fourth-order valence-electron chi connectivity index (χ4n) is 2.68. The number of hydrogen-bond donors (Lipinski definition) is 1. The highest BCUT2D eigenvalue weighted by atomic mass is 16.5. The molecule has 19 heavy (non-hydrogen) atoms. The van der Waals surface area contributed by atoms with Crippen LogP contribution in [0.4, 0.5) is 0 Å². The van der Waals surface area contributed by atoms with Gasteiger partial charge in [-0.15, -0.1) is 0 Å². The summed E-state index contributed by atoms with van der Waals surface area (Å²) < 4.78 is 5.14. The Balaban J connectivity index is 2.20. The molecular formula is C15H22N2O2. The predicted molar refractivity (Wildman–Crippen MR) is 74.5 cm³/mol. The number of ether oxygens (including phenoxy) is 1. The maximum absolute atomic E-state index is 12.7. The van der Waals surface area contributed by atoms with Gasteiger partial charge in [-0.2, -0.15) is 0 Å². The number of Topliss-reactive ketones (excluding diaryl/α,β-unsaturated/α-hetero) is 1. The van der Waals surface area contributed by atoms with E-state index in [9.17, 15) is 4.79 Å². The number of hydrogen-bond acceptors (Lipinski definition) is 4. The third-order valence-corrected chi connectivity index (χ3v) is 4.11. The van der Waals surface area contributed by atoms with Gasteiger partial charge in [0.05, 0.1) is 13.3 Å². The summed E-state index contributed by atoms with van der Waals surface area (Å²) in [7, 11) is 1.58. The van der Waals surface area contributed by atoms with Crippen LogP contribution in [0.2, 0.25) is 0 Å². The van der Waals surface area contributed by atoms with E-state index in [1.165, 1.54) is 0 Å². The molecule has 4 heteroatoms. The van der Waals surface area contributed by atoms with Crippen molar-refractivity contribution < 1.29 is 9.53 Å². The van der Waals surface area contributed by atoms with Gasteiger partial charge in [-0.1, -0.05) is 13.8 Å². The lowest BCUT2D eigenvalue weighted by Gasteiger charge is -2.36. The maximum atomic E-state index is 12.7. The summed E-state index contributed by atoms with van der Waals surface area (Å²) in [6.45, 7) is 6.04. The Morgan fingerprint density at radius 2 is 2.26 bits per heavy atom. The van der Waals surface area contributed by atoms with Crippen molar-refractivity contribution >= 4 is 5.78 Å². The van der Waals surface area contributed by atoms with Crippen molar-refractivity contribution in [1.82, 2.24) is 10.3 Å². The molecule has 1 aliphatic heterocycles. The van der Waals surface area contributed by atoms with Gasteiger partial charge in [-0.05, 0) is 37.9 Å². The molecule has 1 saturated heterocycles. The topological polar surface area (TPSA) is 51.2 Å². The Labute approximate surface area is 114 Å². The van der Waals surface area contributed by atoms with Gasteiger partial charge in [-0.25, -0.2) is 0 Å². The average Bonchev–Trinajstić information content (AvgIpc) is 2.47. The van der Waals surface area contributed by atoms with Gasteiger partial charge in [0.1, 0.15) is 5.75 Å². The van der Waals surface area contributed by atoms with E-state index < -0.39 is 0 Å². The van der Waals surface area contributed by atoms with E-state index in [4.69, 9.17) is 4.74 Å². The molecule has 1 N–H and O–H groups in total. The molecule has 0 radical (unpaired) electrons. The van der Waals surface area contributed by atoms with Crippen LogP contribution >= 0.6 is 0 Å². The fourth-order valence-corrected chi connectivity index (χ4v) is 2.68. The lowest BCUT2D eigenvalue weighted by molar-refractivity contribution is 0.0707. The molecule has 1 fully saturated rings. The fraction of sp³-hybridized carbons (Fsp3) is 0.600. The first-order valence-electron chi connectivity index (χ1n) is 6.80. The number of pyridine rings is 1. The molecule has 104 valence electrons. The highest BCUT2D eigenvalue weighted by molar-refractivity contribution is 6.00. The summed E-state index contributed by atoms with van der Waals surface area (Å²) in [6, 6.07) is 1.77. The molecule has 1 aromatic rings. The van der Waals surface area contributed by atoms with Crippen molar-refractivity contribution in [2.75, 3.05) is 20.2 Å². The van der Waals surface area contributed by atoms with Crippen molar-refractivity contribution in [2.45, 2.75) is 26.7 Å². The van der Waals surface area contributed by atoms with Gasteiger partial charge in [0, 0.05) is 17.2 Å². The van der Waals surface area contributed by atoms with E-state index in [1.807, 2.05) is 13.8 Å². The molecule has 0 bridgehead atoms. The number of carbonyl (C=O) groups is 1. The quantitative estimate of drug-likeness (QED) is 0.846. The lowest BCUT2D eigenvalue weighted by atomic mass is 9.70. The minimum absolute atomic E-state index is 0.146. The second-order valence-corrected chi connectivity index (χ2v) is 5.71. The Kier molecular flexibility index (Phi) is 4.20. The molecule has 1 atom stereocenters. The second-order valence-electron chi connectivity index (χ2n) is 5.71. The Morgan fingerprint density at radius 3 is 2.89 bits per heavy atom. The minimum atomic E-state index is -0.374. The Hall–Kier alpha value is -1.42. The van der Waals surface area contributed by atoms with E-state index in [0.29, 0.717) is 17.2 Å². The first-order valence-corrected chi connectivity index (χ1v) is 6.80. The van der Waals surface area contributed by atoms with Gasteiger partial charge in [0.25, 0.3) is 0 Å². The highest BCUT2D eigenvalue weighted by Crippen LogP contribution is 2.35. The van der Waals surface area contributed by atoms with Gasteiger partial charge in [0.15, 0.2) is 5.78 Å². The van der Waals surface area contributed by atoms with Crippen molar-refractivity contribution in [3.63, 3.8) is 0 Å². The highest BCUT2D eigenvalue weighted by Gasteiger charge is 2.37. The number of piperidine rings is 1. The molecule has 2 rings (SSSR count). The van der Waals surface area contributed by atoms with E-state index in [2.05, 4.69) is 10.3 Å². The summed E-state index contributed by atoms with van der Waals surface area (Å²) in [4.78, 5) is 16.8. The molecule has 4 nitrogen and oxygen atoms in total. The zero-order valence-corrected chi connectivity index (χ0v) is 11.9. The Morgan fingerprint density at radius 1 is 1.47 bits per heavy atom. The maximum Gasteiger partial charge on any atom is 0.170 e. The molecular weight excluding hydrogens is 240 g/mol. The van der Waals surface area contributed by atoms with E-state index in [0.717, 1.165) is 25.9 Å². The smallest absolute Gasteiger partial charge is 0.170 e. The largest absolute Gasteiger partial charge is 0.495 e. The number of rotatable bonds is 4. The number of aromatic nitrogens is 1. The van der Waals surface area contributed by atoms with Crippen molar-refractivity contribution in [3.05, 3.63) is 24.0 Å². The molecule has 0 spiro atoms. The van der Waals surface area contributed by atoms with Crippen LogP contribution in [0.25, 0.3) is 0 Å². The summed E-state index contributed by atoms with van der Waals surface area (Å²) >= 11 is 0. The summed E-state index contributed by atoms with van der Waals surface area (Å²) in [5, 5.41) is 3.38. The second kappa shape index (κ2) is 5.70. The molecule has 1 aromatic heterocycles. The average molecular weight is 262 g/mol. The molecule has 1 unspecified atom stereocenters. The van der Waals surface area contributed by atoms with Crippen LogP contribution in [0.15, 0.2) is 18.5 Å². The number of nitrogens with zero attached hydrogens (tertiary/aromatic N) is 1. The van der Waals surface area contributed by atoms with E-state index >= 15 is 0 Å². The Bertz CT molecular complexity index is 451. The van der Waals surface area contributed by atoms with E-state index in [1.54, 1.807) is 25.6 Å². The first kappa shape index (κ1) is 14.0. The molecule has 0 aliphatic carbocycles. The van der Waals surface area contributed by atoms with Crippen LogP contribution in [0, 0.1) is 11.3 Å². The number of ketones is 1. The standard InChI is InChI=1S/C15H22N2O2/c1-15(2,12-5-4-6-16-9-12)14(18)11-7-13(19-3)10-17-8-11/h7-8,10,12,16H,4-6,9H2,1-3H3. The van der Waals surface area contributed by atoms with Gasteiger partial charge < -0.3 is 10.1 Å². The number of methoxy groups -OCH3 is 1. The molecule has 2 heterocycles. The van der Waals surface area contributed by atoms with Crippen molar-refractivity contribution in [2.24, 2.45) is 11.3 Å². The third kappa shape index (κ3) is 2.95. The number of carbonyl (C=O) groups excluding carboxylic acids is 1. The monoisotopic (exact) mass is 262 g/mol. The van der Waals surface area contributed by atoms with Crippen LogP contribution in [-0.4, -0.2) is 31.0 Å². The van der Waals surface area contributed by atoms with Crippen molar-refractivity contribution in [3.8, 4) is 5.75 Å². The van der Waals surface area contributed by atoms with Gasteiger partial charge in [0.2, 0.25) is 0 Å². The van der Waals surface area contributed by atoms with Gasteiger partial charge in [-0.3, -0.25) is 9.78 Å². The van der Waals surface area contributed by atoms with Crippen LogP contribution in [0.5, 0.6) is 5.75 Å². The summed E-state index contributed by atoms with van der Waals surface area (Å²) in [5.41, 5.74) is 0.261. The molecule has 0 saturated carbocycles. The predicted octanol–water partition coefficient (Wildman–Crippen LogP) is 2.30. The van der Waals surface area contributed by atoms with Crippen molar-refractivity contribution in [1.29, 1.82) is 0 Å². The zero-order valence-electron chi connectivity index (χ0n) is 11.9. The minimum Gasteiger partial charge on any atom is -0.495 e. The summed E-state index contributed by atoms with van der Waals surface area (Å²) in [5.74, 6) is 1.15. The van der Waals surface area contributed by atoms with E-state index in [-0.39, 0.29) is 11.2 Å². The first-order chi connectivity index (χ1) is 9.05. The van der Waals surface area contributed by atoms with Crippen LogP contribution in [0.1, 0.15) is 37.0 Å². The normalized spacial score (nSPS) is 20.1. The molecule has 1 aliphatic rings. The number of nitrogens with one attached hydrogen (secondary N) is 1. The molecule has 0 aromatic carbocycles. The third-order valence-electron chi connectivity index (χ3n) is 4.11. The van der Waals surface area contributed by atoms with Crippen LogP contribution in [0.3, 0.4) is 0 Å². The lowest BCUT2D eigenvalue weighted by Crippen LogP contribution is -2.42. The molecule has 0 amide bonds. The zero-order chi connectivity index (χ0) is 13.9. The SMILES string of the molecule is COc1cncc(C(=O)C(C)(C)C2CCCNC2)c1. The van der Waals surface area contributed by atoms with Gasteiger partial charge >= 0.3 is 0 Å².